The topological polar surface area (TPSA) is 63.3 Å². The Morgan fingerprint density at radius 2 is 2.13 bits per heavy atom. The maximum absolute atomic E-state index is 13.1. The van der Waals surface area contributed by atoms with Gasteiger partial charge in [0.2, 0.25) is 0 Å². The van der Waals surface area contributed by atoms with Gasteiger partial charge in [0.15, 0.2) is 11.6 Å². The highest BCUT2D eigenvalue weighted by atomic mass is 19.2. The quantitative estimate of drug-likeness (QED) is 0.795. The Balaban J connectivity index is 2.66. The summed E-state index contributed by atoms with van der Waals surface area (Å²) in [5.41, 5.74) is 5.38. The molecule has 1 aromatic rings. The lowest BCUT2D eigenvalue weighted by Crippen LogP contribution is -2.30. The van der Waals surface area contributed by atoms with Crippen molar-refractivity contribution >= 4 is 5.97 Å². The monoisotopic (exact) mass is 215 g/mol. The molecule has 0 aliphatic heterocycles. The number of benzene rings is 1. The number of nitrogens with two attached hydrogens (primary N) is 1. The average Bonchev–Trinajstić information content (AvgIpc) is 2.19. The second-order valence-electron chi connectivity index (χ2n) is 3.20. The molecule has 1 atom stereocenters. The van der Waals surface area contributed by atoms with Crippen LogP contribution in [0.1, 0.15) is 12.0 Å². The molecule has 0 heterocycles. The number of hydrogen-bond acceptors (Lipinski definition) is 2. The number of hydrogen-bond donors (Lipinski definition) is 2. The van der Waals surface area contributed by atoms with Crippen LogP contribution < -0.4 is 5.73 Å². The van der Waals surface area contributed by atoms with Gasteiger partial charge in [-0.25, -0.2) is 8.78 Å². The van der Waals surface area contributed by atoms with Gasteiger partial charge in [0.05, 0.1) is 0 Å². The van der Waals surface area contributed by atoms with Crippen molar-refractivity contribution in [2.75, 3.05) is 0 Å². The van der Waals surface area contributed by atoms with E-state index in [9.17, 15) is 13.6 Å². The largest absolute Gasteiger partial charge is 0.480 e. The van der Waals surface area contributed by atoms with Crippen molar-refractivity contribution in [3.05, 3.63) is 35.4 Å². The molecule has 0 saturated carbocycles. The maximum Gasteiger partial charge on any atom is 0.320 e. The molecule has 0 radical (unpaired) electrons. The third kappa shape index (κ3) is 2.99. The third-order valence-corrected chi connectivity index (χ3v) is 2.07. The molecule has 3 N–H and O–H groups in total. The standard InChI is InChI=1S/C10H11F2NO2/c11-7-3-1-2-6(9(7)12)4-5-8(13)10(14)15/h1-3,8H,4-5,13H2,(H,14,15)/t8-/m0/s1. The smallest absolute Gasteiger partial charge is 0.320 e. The highest BCUT2D eigenvalue weighted by molar-refractivity contribution is 5.73. The molecule has 0 saturated heterocycles. The van der Waals surface area contributed by atoms with Crippen LogP contribution in [0.4, 0.5) is 8.78 Å². The summed E-state index contributed by atoms with van der Waals surface area (Å²) in [4.78, 5) is 10.4. The predicted molar refractivity (Wildman–Crippen MR) is 50.3 cm³/mol. The van der Waals surface area contributed by atoms with Crippen LogP contribution in [-0.2, 0) is 11.2 Å². The number of halogens is 2. The molecule has 0 amide bonds. The van der Waals surface area contributed by atoms with Gasteiger partial charge in [-0.2, -0.15) is 0 Å². The van der Waals surface area contributed by atoms with E-state index >= 15 is 0 Å². The Hall–Kier alpha value is -1.49. The molecule has 0 unspecified atom stereocenters. The lowest BCUT2D eigenvalue weighted by atomic mass is 10.1. The minimum atomic E-state index is -1.15. The van der Waals surface area contributed by atoms with Crippen molar-refractivity contribution in [2.24, 2.45) is 5.73 Å². The fourth-order valence-corrected chi connectivity index (χ4v) is 1.18. The summed E-state index contributed by atoms with van der Waals surface area (Å²) in [7, 11) is 0. The van der Waals surface area contributed by atoms with Crippen LogP contribution in [0.3, 0.4) is 0 Å². The molecule has 1 rings (SSSR count). The predicted octanol–water partition coefficient (Wildman–Crippen LogP) is 1.31. The van der Waals surface area contributed by atoms with Gasteiger partial charge in [0, 0.05) is 0 Å². The first-order valence-electron chi connectivity index (χ1n) is 4.43. The highest BCUT2D eigenvalue weighted by Crippen LogP contribution is 2.13. The Bertz CT molecular complexity index is 368. The lowest BCUT2D eigenvalue weighted by molar-refractivity contribution is -0.138. The molecule has 0 aromatic heterocycles. The minimum Gasteiger partial charge on any atom is -0.480 e. The van der Waals surface area contributed by atoms with Crippen molar-refractivity contribution < 1.29 is 18.7 Å². The van der Waals surface area contributed by atoms with E-state index in [-0.39, 0.29) is 18.4 Å². The number of aryl methyl sites for hydroxylation is 1. The molecule has 0 aliphatic rings. The lowest BCUT2D eigenvalue weighted by Gasteiger charge is -2.07. The first-order valence-corrected chi connectivity index (χ1v) is 4.43. The van der Waals surface area contributed by atoms with Gasteiger partial charge < -0.3 is 10.8 Å². The zero-order valence-corrected chi connectivity index (χ0v) is 7.91. The Labute approximate surface area is 85.5 Å². The summed E-state index contributed by atoms with van der Waals surface area (Å²) in [5.74, 6) is -3.02. The molecule has 15 heavy (non-hydrogen) atoms. The number of carboxylic acids is 1. The van der Waals surface area contributed by atoms with E-state index in [1.54, 1.807) is 0 Å². The Kier molecular flexibility index (Phi) is 3.74. The second-order valence-corrected chi connectivity index (χ2v) is 3.20. The van der Waals surface area contributed by atoms with Crippen LogP contribution in [0.5, 0.6) is 0 Å². The number of aliphatic carboxylic acids is 1. The summed E-state index contributed by atoms with van der Waals surface area (Å²) in [6.07, 6.45) is 0.187. The SMILES string of the molecule is N[C@@H](CCc1cccc(F)c1F)C(=O)O. The summed E-state index contributed by atoms with van der Waals surface area (Å²) < 4.78 is 25.8. The second kappa shape index (κ2) is 4.84. The molecule has 0 spiro atoms. The van der Waals surface area contributed by atoms with Crippen molar-refractivity contribution in [3.8, 4) is 0 Å². The van der Waals surface area contributed by atoms with Crippen molar-refractivity contribution in [1.29, 1.82) is 0 Å². The highest BCUT2D eigenvalue weighted by Gasteiger charge is 2.13. The maximum atomic E-state index is 13.1. The Morgan fingerprint density at radius 3 is 2.73 bits per heavy atom. The normalized spacial score (nSPS) is 12.5. The van der Waals surface area contributed by atoms with Crippen LogP contribution in [-0.4, -0.2) is 17.1 Å². The summed E-state index contributed by atoms with van der Waals surface area (Å²) >= 11 is 0. The zero-order chi connectivity index (χ0) is 11.4. The van der Waals surface area contributed by atoms with E-state index in [0.29, 0.717) is 0 Å². The van der Waals surface area contributed by atoms with Crippen LogP contribution in [0, 0.1) is 11.6 Å². The molecule has 5 heteroatoms. The van der Waals surface area contributed by atoms with E-state index in [2.05, 4.69) is 0 Å². The van der Waals surface area contributed by atoms with Crippen LogP contribution in [0.2, 0.25) is 0 Å². The van der Waals surface area contributed by atoms with E-state index in [4.69, 9.17) is 10.8 Å². The van der Waals surface area contributed by atoms with Gasteiger partial charge in [-0.05, 0) is 24.5 Å². The van der Waals surface area contributed by atoms with E-state index in [1.807, 2.05) is 0 Å². The van der Waals surface area contributed by atoms with Gasteiger partial charge in [0.1, 0.15) is 6.04 Å². The molecule has 3 nitrogen and oxygen atoms in total. The fraction of sp³-hybridized carbons (Fsp3) is 0.300. The molecular weight excluding hydrogens is 204 g/mol. The molecule has 0 aliphatic carbocycles. The average molecular weight is 215 g/mol. The van der Waals surface area contributed by atoms with Gasteiger partial charge >= 0.3 is 5.97 Å². The molecule has 0 bridgehead atoms. The summed E-state index contributed by atoms with van der Waals surface area (Å²) in [6, 6.07) is 2.75. The van der Waals surface area contributed by atoms with Crippen LogP contribution in [0.25, 0.3) is 0 Å². The number of carbonyl (C=O) groups is 1. The minimum absolute atomic E-state index is 0.0791. The van der Waals surface area contributed by atoms with Gasteiger partial charge in [-0.3, -0.25) is 4.79 Å². The van der Waals surface area contributed by atoms with Crippen LogP contribution in [0.15, 0.2) is 18.2 Å². The first-order chi connectivity index (χ1) is 7.02. The van der Waals surface area contributed by atoms with E-state index in [0.717, 1.165) is 6.07 Å². The van der Waals surface area contributed by atoms with Gasteiger partial charge in [0.25, 0.3) is 0 Å². The van der Waals surface area contributed by atoms with Crippen molar-refractivity contribution in [2.45, 2.75) is 18.9 Å². The van der Waals surface area contributed by atoms with E-state index < -0.39 is 23.6 Å². The fourth-order valence-electron chi connectivity index (χ4n) is 1.18. The Morgan fingerprint density at radius 1 is 1.47 bits per heavy atom. The molecule has 0 fully saturated rings. The number of carboxylic acid groups (broad SMARTS) is 1. The molecule has 82 valence electrons. The molecular formula is C10H11F2NO2. The molecule has 1 aromatic carbocycles. The first kappa shape index (κ1) is 11.6. The number of rotatable bonds is 4. The van der Waals surface area contributed by atoms with Gasteiger partial charge in [-0.15, -0.1) is 0 Å². The van der Waals surface area contributed by atoms with Crippen molar-refractivity contribution in [1.82, 2.24) is 0 Å². The summed E-state index contributed by atoms with van der Waals surface area (Å²) in [6.45, 7) is 0. The van der Waals surface area contributed by atoms with Crippen LogP contribution >= 0.6 is 0 Å². The zero-order valence-electron chi connectivity index (χ0n) is 7.91. The van der Waals surface area contributed by atoms with Crippen molar-refractivity contribution in [3.63, 3.8) is 0 Å². The van der Waals surface area contributed by atoms with Gasteiger partial charge in [-0.1, -0.05) is 12.1 Å². The third-order valence-electron chi connectivity index (χ3n) is 2.07. The van der Waals surface area contributed by atoms with E-state index in [1.165, 1.54) is 12.1 Å². The summed E-state index contributed by atoms with van der Waals surface area (Å²) in [5, 5.41) is 8.49.